The van der Waals surface area contributed by atoms with Gasteiger partial charge in [0, 0.05) is 6.54 Å². The monoisotopic (exact) mass is 353 g/mol. The number of carbonyl (C=O) groups is 2. The minimum Gasteiger partial charge on any atom is -0.445 e. The van der Waals surface area contributed by atoms with Crippen LogP contribution in [0.4, 0.5) is 16.2 Å². The van der Waals surface area contributed by atoms with Crippen molar-refractivity contribution in [2.75, 3.05) is 17.6 Å². The lowest BCUT2D eigenvalue weighted by molar-refractivity contribution is -0.120. The van der Waals surface area contributed by atoms with Crippen molar-refractivity contribution in [2.24, 2.45) is 0 Å². The van der Waals surface area contributed by atoms with Crippen LogP contribution in [0.1, 0.15) is 24.0 Å². The first-order valence-electron chi connectivity index (χ1n) is 8.69. The summed E-state index contributed by atoms with van der Waals surface area (Å²) < 4.78 is 5.36. The molecule has 3 N–H and O–H groups in total. The number of benzene rings is 2. The van der Waals surface area contributed by atoms with Crippen LogP contribution in [0.15, 0.2) is 48.5 Å². The molecule has 1 atom stereocenters. The van der Waals surface area contributed by atoms with Crippen molar-refractivity contribution in [1.29, 1.82) is 0 Å². The highest BCUT2D eigenvalue weighted by Crippen LogP contribution is 2.23. The zero-order chi connectivity index (χ0) is 18.5. The summed E-state index contributed by atoms with van der Waals surface area (Å²) in [4.78, 5) is 26.5. The fourth-order valence-electron chi connectivity index (χ4n) is 3.07. The molecule has 2 aromatic rings. The first kappa shape index (κ1) is 17.8. The van der Waals surface area contributed by atoms with Crippen LogP contribution in [-0.4, -0.2) is 29.5 Å². The fraction of sp³-hybridized carbons (Fsp3) is 0.300. The number of amides is 2. The van der Waals surface area contributed by atoms with Gasteiger partial charge in [0.2, 0.25) is 5.91 Å². The van der Waals surface area contributed by atoms with Gasteiger partial charge in [-0.1, -0.05) is 36.4 Å². The summed E-state index contributed by atoms with van der Waals surface area (Å²) in [6.45, 7) is 2.63. The minimum absolute atomic E-state index is 0.190. The molecule has 1 aliphatic heterocycles. The molecule has 136 valence electrons. The standard InChI is InChI=1S/C20H23N3O3/c1-14-9-10-17(16(21)12-14)22-19(24)18-8-5-11-23(18)20(25)26-13-15-6-3-2-4-7-15/h2-4,6-7,9-10,12,18H,5,8,11,13,21H2,1H3,(H,22,24). The van der Waals surface area contributed by atoms with Crippen LogP contribution in [0.3, 0.4) is 0 Å². The highest BCUT2D eigenvalue weighted by Gasteiger charge is 2.35. The zero-order valence-electron chi connectivity index (χ0n) is 14.8. The van der Waals surface area contributed by atoms with Crippen LogP contribution in [0.2, 0.25) is 0 Å². The molecule has 1 unspecified atom stereocenters. The van der Waals surface area contributed by atoms with Gasteiger partial charge >= 0.3 is 6.09 Å². The van der Waals surface area contributed by atoms with Gasteiger partial charge in [0.25, 0.3) is 0 Å². The number of nitrogens with two attached hydrogens (primary N) is 1. The highest BCUT2D eigenvalue weighted by molar-refractivity contribution is 5.99. The predicted molar refractivity (Wildman–Crippen MR) is 101 cm³/mol. The van der Waals surface area contributed by atoms with Crippen molar-refractivity contribution in [1.82, 2.24) is 4.90 Å². The minimum atomic E-state index is -0.543. The number of nitrogens with one attached hydrogen (secondary N) is 1. The third kappa shape index (κ3) is 4.14. The van der Waals surface area contributed by atoms with Crippen LogP contribution in [-0.2, 0) is 16.1 Å². The van der Waals surface area contributed by atoms with Crippen molar-refractivity contribution in [2.45, 2.75) is 32.4 Å². The number of nitrogen functional groups attached to an aromatic ring is 1. The van der Waals surface area contributed by atoms with Gasteiger partial charge in [-0.15, -0.1) is 0 Å². The van der Waals surface area contributed by atoms with E-state index in [2.05, 4.69) is 5.32 Å². The van der Waals surface area contributed by atoms with E-state index < -0.39 is 12.1 Å². The Bertz CT molecular complexity index is 792. The average molecular weight is 353 g/mol. The molecular formula is C20H23N3O3. The van der Waals surface area contributed by atoms with Crippen molar-refractivity contribution < 1.29 is 14.3 Å². The molecule has 6 nitrogen and oxygen atoms in total. The third-order valence-corrected chi connectivity index (χ3v) is 4.46. The molecule has 0 bridgehead atoms. The van der Waals surface area contributed by atoms with Gasteiger partial charge in [-0.05, 0) is 43.0 Å². The van der Waals surface area contributed by atoms with Crippen LogP contribution in [0.25, 0.3) is 0 Å². The average Bonchev–Trinajstić information content (AvgIpc) is 3.13. The van der Waals surface area contributed by atoms with Crippen molar-refractivity contribution >= 4 is 23.4 Å². The fourth-order valence-corrected chi connectivity index (χ4v) is 3.07. The number of ether oxygens (including phenoxy) is 1. The number of aryl methyl sites for hydroxylation is 1. The molecule has 1 heterocycles. The second-order valence-electron chi connectivity index (χ2n) is 6.47. The summed E-state index contributed by atoms with van der Waals surface area (Å²) in [5.41, 5.74) is 8.96. The van der Waals surface area contributed by atoms with Crippen LogP contribution >= 0.6 is 0 Å². The van der Waals surface area contributed by atoms with Gasteiger partial charge in [0.1, 0.15) is 12.6 Å². The summed E-state index contributed by atoms with van der Waals surface area (Å²) in [7, 11) is 0. The Hall–Kier alpha value is -3.02. The maximum absolute atomic E-state index is 12.6. The molecule has 6 heteroatoms. The second-order valence-corrected chi connectivity index (χ2v) is 6.47. The van der Waals surface area contributed by atoms with E-state index >= 15 is 0 Å². The molecule has 0 saturated carbocycles. The van der Waals surface area contributed by atoms with E-state index in [1.54, 1.807) is 12.1 Å². The quantitative estimate of drug-likeness (QED) is 0.826. The van der Waals surface area contributed by atoms with Crippen LogP contribution in [0, 0.1) is 6.92 Å². The number of hydrogen-bond donors (Lipinski definition) is 2. The Balaban J connectivity index is 1.61. The lowest BCUT2D eigenvalue weighted by Gasteiger charge is -2.23. The van der Waals surface area contributed by atoms with Crippen molar-refractivity contribution in [3.05, 3.63) is 59.7 Å². The molecule has 1 fully saturated rings. The van der Waals surface area contributed by atoms with E-state index in [-0.39, 0.29) is 12.5 Å². The second kappa shape index (κ2) is 7.91. The normalized spacial score (nSPS) is 16.3. The van der Waals surface area contributed by atoms with Crippen molar-refractivity contribution in [3.8, 4) is 0 Å². The van der Waals surface area contributed by atoms with E-state index in [1.165, 1.54) is 4.90 Å². The topological polar surface area (TPSA) is 84.7 Å². The molecule has 26 heavy (non-hydrogen) atoms. The SMILES string of the molecule is Cc1ccc(NC(=O)C2CCCN2C(=O)OCc2ccccc2)c(N)c1. The molecule has 0 spiro atoms. The Morgan fingerprint density at radius 3 is 2.73 bits per heavy atom. The first-order chi connectivity index (χ1) is 12.5. The van der Waals surface area contributed by atoms with Gasteiger partial charge in [-0.3, -0.25) is 9.69 Å². The summed E-state index contributed by atoms with van der Waals surface area (Å²) in [6, 6.07) is 14.4. The van der Waals surface area contributed by atoms with Crippen molar-refractivity contribution in [3.63, 3.8) is 0 Å². The van der Waals surface area contributed by atoms with E-state index in [1.807, 2.05) is 43.3 Å². The van der Waals surface area contributed by atoms with E-state index in [9.17, 15) is 9.59 Å². The van der Waals surface area contributed by atoms with Gasteiger partial charge in [0.05, 0.1) is 11.4 Å². The molecule has 1 saturated heterocycles. The molecule has 0 aromatic heterocycles. The molecule has 1 aliphatic rings. The molecule has 2 amide bonds. The summed E-state index contributed by atoms with van der Waals surface area (Å²) in [5.74, 6) is -0.241. The lowest BCUT2D eigenvalue weighted by atomic mass is 10.1. The number of carbonyl (C=O) groups excluding carboxylic acids is 2. The number of anilines is 2. The maximum atomic E-state index is 12.6. The smallest absolute Gasteiger partial charge is 0.410 e. The Kier molecular flexibility index (Phi) is 5.41. The van der Waals surface area contributed by atoms with Gasteiger partial charge in [0.15, 0.2) is 0 Å². The Morgan fingerprint density at radius 1 is 1.23 bits per heavy atom. The molecule has 3 rings (SSSR count). The molecular weight excluding hydrogens is 330 g/mol. The summed E-state index contributed by atoms with van der Waals surface area (Å²) in [5, 5.41) is 2.82. The molecule has 0 aliphatic carbocycles. The van der Waals surface area contributed by atoms with Gasteiger partial charge in [-0.2, -0.15) is 0 Å². The zero-order valence-corrected chi connectivity index (χ0v) is 14.8. The number of nitrogens with zero attached hydrogens (tertiary/aromatic N) is 1. The first-order valence-corrected chi connectivity index (χ1v) is 8.69. The predicted octanol–water partition coefficient (Wildman–Crippen LogP) is 3.32. The van der Waals surface area contributed by atoms with E-state index in [0.29, 0.717) is 24.3 Å². The largest absolute Gasteiger partial charge is 0.445 e. The maximum Gasteiger partial charge on any atom is 0.410 e. The van der Waals surface area contributed by atoms with Gasteiger partial charge < -0.3 is 15.8 Å². The van der Waals surface area contributed by atoms with E-state index in [0.717, 1.165) is 17.5 Å². The number of rotatable bonds is 4. The third-order valence-electron chi connectivity index (χ3n) is 4.46. The molecule has 2 aromatic carbocycles. The lowest BCUT2D eigenvalue weighted by Crippen LogP contribution is -2.43. The van der Waals surface area contributed by atoms with E-state index in [4.69, 9.17) is 10.5 Å². The molecule has 0 radical (unpaired) electrons. The van der Waals surface area contributed by atoms with Gasteiger partial charge in [-0.25, -0.2) is 4.79 Å². The highest BCUT2D eigenvalue weighted by atomic mass is 16.6. The van der Waals surface area contributed by atoms with Crippen LogP contribution < -0.4 is 11.1 Å². The summed E-state index contributed by atoms with van der Waals surface area (Å²) >= 11 is 0. The Labute approximate surface area is 152 Å². The Morgan fingerprint density at radius 2 is 2.00 bits per heavy atom. The number of likely N-dealkylation sites (tertiary alicyclic amines) is 1. The van der Waals surface area contributed by atoms with Crippen LogP contribution in [0.5, 0.6) is 0 Å². The number of hydrogen-bond acceptors (Lipinski definition) is 4. The summed E-state index contributed by atoms with van der Waals surface area (Å²) in [6.07, 6.45) is 0.906.